The normalized spacial score (nSPS) is 29.7. The summed E-state index contributed by atoms with van der Waals surface area (Å²) in [5, 5.41) is 29.2. The molecule has 4 N–H and O–H groups in total. The Balaban J connectivity index is 1.33. The third-order valence-corrected chi connectivity index (χ3v) is 11.5. The lowest BCUT2D eigenvalue weighted by molar-refractivity contribution is -0.183. The molecule has 0 spiro atoms. The zero-order valence-electron chi connectivity index (χ0n) is 29.4. The van der Waals surface area contributed by atoms with Gasteiger partial charge < -0.3 is 25.7 Å². The van der Waals surface area contributed by atoms with Gasteiger partial charge in [0.05, 0.1) is 19.3 Å². The average molecular weight is 649 g/mol. The van der Waals surface area contributed by atoms with E-state index in [-0.39, 0.29) is 30.5 Å². The summed E-state index contributed by atoms with van der Waals surface area (Å²) in [6, 6.07) is 15.0. The number of amides is 2. The van der Waals surface area contributed by atoms with Crippen LogP contribution in [-0.2, 0) is 16.2 Å². The SMILES string of the molecule is CC(C)[C@H](CN(C)C)NC(=O)c1cccc(-c2cccc(CN3OC(CO)[C@@H]([C@H](C)O)[C@H]3C(=O)N[C@H]3C[C@H]4C[C@@H](C3C)C4(C)C)c2)c1. The number of rotatable bonds is 12. The second-order valence-electron chi connectivity index (χ2n) is 15.6. The molecule has 3 saturated carbocycles. The number of aliphatic hydroxyl groups excluding tert-OH is 2. The maximum atomic E-state index is 14.0. The van der Waals surface area contributed by atoms with Crippen LogP contribution in [0.2, 0.25) is 0 Å². The zero-order valence-corrected chi connectivity index (χ0v) is 29.4. The van der Waals surface area contributed by atoms with Gasteiger partial charge in [-0.1, -0.05) is 65.0 Å². The standard InChI is InChI=1S/C38H56N4O5/c1-22(2)32(20-41(7)8)40-36(45)28-14-10-13-27(16-28)26-12-9-11-25(15-26)19-42-35(34(24(4)44)33(21-43)47-42)37(46)39-31-18-29-17-30(23(31)3)38(29,5)6/h9-16,22-24,29-35,43-44H,17-21H2,1-8H3,(H,39,46)(H,40,45)/t23?,24-,29+,30-,31-,32-,33?,34+,35-/m0/s1. The fourth-order valence-electron chi connectivity index (χ4n) is 8.42. The quantitative estimate of drug-likeness (QED) is 0.271. The van der Waals surface area contributed by atoms with Gasteiger partial charge in [0.2, 0.25) is 5.91 Å². The number of nitrogens with zero attached hydrogens (tertiary/aromatic N) is 2. The van der Waals surface area contributed by atoms with Gasteiger partial charge in [0.25, 0.3) is 5.91 Å². The molecule has 2 bridgehead atoms. The van der Waals surface area contributed by atoms with Gasteiger partial charge in [-0.15, -0.1) is 0 Å². The third kappa shape index (κ3) is 7.44. The first-order valence-corrected chi connectivity index (χ1v) is 17.4. The van der Waals surface area contributed by atoms with E-state index in [0.717, 1.165) is 29.7 Å². The molecule has 4 fully saturated rings. The molecule has 0 aromatic heterocycles. The second-order valence-corrected chi connectivity index (χ2v) is 15.6. The van der Waals surface area contributed by atoms with Crippen LogP contribution < -0.4 is 10.6 Å². The summed E-state index contributed by atoms with van der Waals surface area (Å²) in [6.07, 6.45) is 0.639. The summed E-state index contributed by atoms with van der Waals surface area (Å²) in [4.78, 5) is 35.5. The van der Waals surface area contributed by atoms with E-state index in [4.69, 9.17) is 4.84 Å². The molecule has 2 amide bonds. The van der Waals surface area contributed by atoms with Gasteiger partial charge in [-0.05, 0) is 97.8 Å². The zero-order chi connectivity index (χ0) is 34.2. The van der Waals surface area contributed by atoms with Crippen LogP contribution in [0, 0.1) is 35.0 Å². The van der Waals surface area contributed by atoms with E-state index in [1.165, 1.54) is 6.42 Å². The van der Waals surface area contributed by atoms with Crippen LogP contribution in [-0.4, -0.2) is 89.6 Å². The summed E-state index contributed by atoms with van der Waals surface area (Å²) in [5.41, 5.74) is 3.67. The van der Waals surface area contributed by atoms with Crippen molar-refractivity contribution < 1.29 is 24.6 Å². The predicted molar refractivity (Wildman–Crippen MR) is 184 cm³/mol. The molecule has 1 aliphatic heterocycles. The van der Waals surface area contributed by atoms with E-state index in [9.17, 15) is 19.8 Å². The van der Waals surface area contributed by atoms with Crippen molar-refractivity contribution >= 4 is 11.8 Å². The lowest BCUT2D eigenvalue weighted by atomic mass is 9.45. The number of hydrogen-bond acceptors (Lipinski definition) is 7. The number of aliphatic hydroxyl groups is 2. The van der Waals surface area contributed by atoms with Gasteiger partial charge in [-0.2, -0.15) is 5.06 Å². The van der Waals surface area contributed by atoms with Crippen LogP contribution in [0.4, 0.5) is 0 Å². The number of carbonyl (C=O) groups excluding carboxylic acids is 2. The first-order valence-electron chi connectivity index (χ1n) is 17.4. The van der Waals surface area contributed by atoms with E-state index in [1.807, 2.05) is 62.6 Å². The molecule has 9 heteroatoms. The van der Waals surface area contributed by atoms with E-state index in [1.54, 1.807) is 12.0 Å². The van der Waals surface area contributed by atoms with Crippen molar-refractivity contribution in [2.45, 2.75) is 91.3 Å². The van der Waals surface area contributed by atoms with Gasteiger partial charge in [-0.3, -0.25) is 14.4 Å². The minimum Gasteiger partial charge on any atom is -0.394 e. The van der Waals surface area contributed by atoms with E-state index >= 15 is 0 Å². The lowest BCUT2D eigenvalue weighted by Crippen LogP contribution is -2.62. The molecule has 4 aliphatic rings. The maximum Gasteiger partial charge on any atom is 0.251 e. The molecule has 1 saturated heterocycles. The maximum absolute atomic E-state index is 14.0. The molecule has 9 atom stereocenters. The molecule has 1 heterocycles. The van der Waals surface area contributed by atoms with Gasteiger partial charge in [-0.25, -0.2) is 0 Å². The first-order chi connectivity index (χ1) is 22.2. The Morgan fingerprint density at radius 3 is 2.34 bits per heavy atom. The number of nitrogens with one attached hydrogen (secondary N) is 2. The summed E-state index contributed by atoms with van der Waals surface area (Å²) in [6.45, 7) is 13.6. The summed E-state index contributed by atoms with van der Waals surface area (Å²) < 4.78 is 0. The predicted octanol–water partition coefficient (Wildman–Crippen LogP) is 4.33. The van der Waals surface area contributed by atoms with Crippen molar-refractivity contribution in [2.24, 2.45) is 35.0 Å². The molecule has 258 valence electrons. The van der Waals surface area contributed by atoms with Gasteiger partial charge in [0.15, 0.2) is 0 Å². The van der Waals surface area contributed by atoms with Crippen molar-refractivity contribution in [1.29, 1.82) is 0 Å². The van der Waals surface area contributed by atoms with E-state index < -0.39 is 24.2 Å². The van der Waals surface area contributed by atoms with Gasteiger partial charge in [0.1, 0.15) is 12.1 Å². The van der Waals surface area contributed by atoms with Gasteiger partial charge in [0, 0.05) is 30.1 Å². The smallest absolute Gasteiger partial charge is 0.251 e. The fraction of sp³-hybridized carbons (Fsp3) is 0.632. The topological polar surface area (TPSA) is 114 Å². The highest BCUT2D eigenvalue weighted by atomic mass is 16.7. The Labute approximate surface area is 281 Å². The third-order valence-electron chi connectivity index (χ3n) is 11.5. The highest BCUT2D eigenvalue weighted by molar-refractivity contribution is 5.95. The first kappa shape index (κ1) is 35.5. The molecular formula is C38H56N4O5. The molecule has 9 nitrogen and oxygen atoms in total. The number of hydroxylamine groups is 2. The Morgan fingerprint density at radius 2 is 1.74 bits per heavy atom. The van der Waals surface area contributed by atoms with Gasteiger partial charge >= 0.3 is 0 Å². The largest absolute Gasteiger partial charge is 0.394 e. The Bertz CT molecular complexity index is 1410. The molecular weight excluding hydrogens is 592 g/mol. The van der Waals surface area contributed by atoms with Crippen molar-refractivity contribution in [3.8, 4) is 11.1 Å². The Morgan fingerprint density at radius 1 is 1.06 bits per heavy atom. The highest BCUT2D eigenvalue weighted by Crippen LogP contribution is 2.61. The van der Waals surface area contributed by atoms with Crippen LogP contribution >= 0.6 is 0 Å². The number of carbonyl (C=O) groups is 2. The van der Waals surface area contributed by atoms with Crippen LogP contribution in [0.3, 0.4) is 0 Å². The van der Waals surface area contributed by atoms with Crippen LogP contribution in [0.5, 0.6) is 0 Å². The highest BCUT2D eigenvalue weighted by Gasteiger charge is 2.57. The summed E-state index contributed by atoms with van der Waals surface area (Å²) in [7, 11) is 4.01. The minimum atomic E-state index is -0.850. The Kier molecular flexibility index (Phi) is 10.8. The van der Waals surface area contributed by atoms with Crippen LogP contribution in [0.1, 0.15) is 70.3 Å². The summed E-state index contributed by atoms with van der Waals surface area (Å²) in [5.74, 6) is 1.01. The average Bonchev–Trinajstić information content (AvgIpc) is 3.39. The van der Waals surface area contributed by atoms with Crippen LogP contribution in [0.25, 0.3) is 11.1 Å². The van der Waals surface area contributed by atoms with Crippen molar-refractivity contribution in [3.63, 3.8) is 0 Å². The monoisotopic (exact) mass is 648 g/mol. The fourth-order valence-corrected chi connectivity index (χ4v) is 8.42. The van der Waals surface area contributed by atoms with Crippen molar-refractivity contribution in [1.82, 2.24) is 20.6 Å². The number of likely N-dealkylation sites (N-methyl/N-ethyl adjacent to an activating group) is 1. The van der Waals surface area contributed by atoms with E-state index in [0.29, 0.717) is 41.2 Å². The van der Waals surface area contributed by atoms with Crippen molar-refractivity contribution in [3.05, 3.63) is 59.7 Å². The molecule has 6 rings (SSSR count). The molecule has 47 heavy (non-hydrogen) atoms. The molecule has 2 aromatic carbocycles. The molecule has 2 aromatic rings. The molecule has 0 radical (unpaired) electrons. The Hall–Kier alpha value is -2.82. The molecule has 2 unspecified atom stereocenters. The van der Waals surface area contributed by atoms with Crippen LogP contribution in [0.15, 0.2) is 48.5 Å². The summed E-state index contributed by atoms with van der Waals surface area (Å²) >= 11 is 0. The van der Waals surface area contributed by atoms with E-state index in [2.05, 4.69) is 50.2 Å². The lowest BCUT2D eigenvalue weighted by Gasteiger charge is -2.62. The number of fused-ring (bicyclic) bond motifs is 2. The number of hydrogen-bond donors (Lipinski definition) is 4. The second kappa shape index (κ2) is 14.3. The van der Waals surface area contributed by atoms with Crippen molar-refractivity contribution in [2.75, 3.05) is 27.2 Å². The minimum absolute atomic E-state index is 0.0298. The number of benzene rings is 2. The molecule has 3 aliphatic carbocycles.